The smallest absolute Gasteiger partial charge is 0.231 e. The molecule has 0 saturated carbocycles. The number of hydrogen-bond donors (Lipinski definition) is 0. The summed E-state index contributed by atoms with van der Waals surface area (Å²) in [5.74, 6) is 0.0712. The lowest BCUT2D eigenvalue weighted by Gasteiger charge is -2.28. The van der Waals surface area contributed by atoms with E-state index in [4.69, 9.17) is 4.74 Å². The number of rotatable bonds is 5. The van der Waals surface area contributed by atoms with Gasteiger partial charge in [-0.25, -0.2) is 4.68 Å². The molecule has 0 spiro atoms. The van der Waals surface area contributed by atoms with E-state index in [0.29, 0.717) is 19.6 Å². The largest absolute Gasteiger partial charge is 0.379 e. The second-order valence-electron chi connectivity index (χ2n) is 6.21. The van der Waals surface area contributed by atoms with E-state index in [2.05, 4.69) is 15.5 Å². The molecule has 1 aromatic heterocycles. The third-order valence-electron chi connectivity index (χ3n) is 4.48. The van der Waals surface area contributed by atoms with Crippen LogP contribution in [0.4, 0.5) is 5.69 Å². The number of benzene rings is 2. The SMILES string of the molecule is O=C(Cc1ccc(-n2cnnn2)cc1)N(c1ccccc1)[C@@H]1CCOC1. The van der Waals surface area contributed by atoms with Gasteiger partial charge in [0.15, 0.2) is 0 Å². The molecule has 132 valence electrons. The van der Waals surface area contributed by atoms with Crippen LogP contribution in [0.3, 0.4) is 0 Å². The summed E-state index contributed by atoms with van der Waals surface area (Å²) >= 11 is 0. The minimum atomic E-state index is 0.0712. The summed E-state index contributed by atoms with van der Waals surface area (Å²) in [6, 6.07) is 17.6. The molecule has 0 aliphatic carbocycles. The first-order chi connectivity index (χ1) is 12.8. The maximum absolute atomic E-state index is 13.0. The van der Waals surface area contributed by atoms with Crippen molar-refractivity contribution in [3.8, 4) is 5.69 Å². The number of tetrazole rings is 1. The van der Waals surface area contributed by atoms with E-state index in [-0.39, 0.29) is 11.9 Å². The summed E-state index contributed by atoms with van der Waals surface area (Å²) in [6.07, 6.45) is 2.73. The highest BCUT2D eigenvalue weighted by Crippen LogP contribution is 2.23. The number of ether oxygens (including phenoxy) is 1. The van der Waals surface area contributed by atoms with Gasteiger partial charge in [0.1, 0.15) is 6.33 Å². The maximum atomic E-state index is 13.0. The summed E-state index contributed by atoms with van der Waals surface area (Å²) in [6.45, 7) is 1.28. The molecule has 26 heavy (non-hydrogen) atoms. The molecule has 1 atom stereocenters. The molecule has 7 nitrogen and oxygen atoms in total. The molecule has 3 aromatic rings. The number of nitrogens with zero attached hydrogens (tertiary/aromatic N) is 5. The van der Waals surface area contributed by atoms with Crippen molar-refractivity contribution >= 4 is 11.6 Å². The van der Waals surface area contributed by atoms with Crippen LogP contribution < -0.4 is 4.90 Å². The van der Waals surface area contributed by atoms with E-state index in [0.717, 1.165) is 23.4 Å². The number of carbonyl (C=O) groups excluding carboxylic acids is 1. The molecule has 1 aliphatic rings. The quantitative estimate of drug-likeness (QED) is 0.705. The van der Waals surface area contributed by atoms with Crippen molar-refractivity contribution in [2.45, 2.75) is 18.9 Å². The molecule has 0 unspecified atom stereocenters. The topological polar surface area (TPSA) is 73.1 Å². The van der Waals surface area contributed by atoms with Crippen LogP contribution in [-0.2, 0) is 16.0 Å². The Kier molecular flexibility index (Phi) is 4.70. The molecule has 0 bridgehead atoms. The van der Waals surface area contributed by atoms with Crippen molar-refractivity contribution in [1.29, 1.82) is 0 Å². The van der Waals surface area contributed by atoms with Crippen molar-refractivity contribution in [2.24, 2.45) is 0 Å². The lowest BCUT2D eigenvalue weighted by molar-refractivity contribution is -0.118. The molecule has 1 aliphatic heterocycles. The molecule has 0 radical (unpaired) electrons. The van der Waals surface area contributed by atoms with Gasteiger partial charge in [-0.2, -0.15) is 0 Å². The zero-order valence-electron chi connectivity index (χ0n) is 14.2. The summed E-state index contributed by atoms with van der Waals surface area (Å²) in [4.78, 5) is 14.9. The summed E-state index contributed by atoms with van der Waals surface area (Å²) in [5.41, 5.74) is 2.72. The molecule has 1 saturated heterocycles. The number of anilines is 1. The van der Waals surface area contributed by atoms with Crippen LogP contribution in [0.1, 0.15) is 12.0 Å². The van der Waals surface area contributed by atoms with Crippen molar-refractivity contribution in [3.05, 3.63) is 66.5 Å². The van der Waals surface area contributed by atoms with E-state index in [1.807, 2.05) is 59.5 Å². The average Bonchev–Trinajstić information content (AvgIpc) is 3.38. The number of aromatic nitrogens is 4. The van der Waals surface area contributed by atoms with Crippen molar-refractivity contribution in [1.82, 2.24) is 20.2 Å². The van der Waals surface area contributed by atoms with E-state index >= 15 is 0 Å². The van der Waals surface area contributed by atoms with E-state index < -0.39 is 0 Å². The first-order valence-corrected chi connectivity index (χ1v) is 8.58. The Balaban J connectivity index is 1.52. The van der Waals surface area contributed by atoms with Gasteiger partial charge in [0.2, 0.25) is 5.91 Å². The summed E-state index contributed by atoms with van der Waals surface area (Å²) < 4.78 is 7.08. The standard InChI is InChI=1S/C19H19N5O2/c25-19(12-15-6-8-16(9-7-15)23-14-20-21-22-23)24(18-10-11-26-13-18)17-4-2-1-3-5-17/h1-9,14,18H,10-13H2/t18-/m1/s1. The molecule has 4 rings (SSSR count). The lowest BCUT2D eigenvalue weighted by Crippen LogP contribution is -2.41. The van der Waals surface area contributed by atoms with Gasteiger partial charge >= 0.3 is 0 Å². The number of hydrogen-bond acceptors (Lipinski definition) is 5. The van der Waals surface area contributed by atoms with Crippen LogP contribution >= 0.6 is 0 Å². The van der Waals surface area contributed by atoms with Crippen molar-refractivity contribution < 1.29 is 9.53 Å². The predicted octanol–water partition coefficient (Wildman–Crippen LogP) is 2.03. The van der Waals surface area contributed by atoms with Gasteiger partial charge in [0.05, 0.1) is 24.8 Å². The third kappa shape index (κ3) is 3.48. The van der Waals surface area contributed by atoms with Gasteiger partial charge in [-0.15, -0.1) is 5.10 Å². The fraction of sp³-hybridized carbons (Fsp3) is 0.263. The van der Waals surface area contributed by atoms with Crippen LogP contribution in [-0.4, -0.2) is 45.4 Å². The van der Waals surface area contributed by atoms with Gasteiger partial charge in [0, 0.05) is 12.3 Å². The highest BCUT2D eigenvalue weighted by Gasteiger charge is 2.28. The predicted molar refractivity (Wildman–Crippen MR) is 96.0 cm³/mol. The first-order valence-electron chi connectivity index (χ1n) is 8.58. The second-order valence-corrected chi connectivity index (χ2v) is 6.21. The molecule has 1 amide bonds. The van der Waals surface area contributed by atoms with Crippen LogP contribution in [0.2, 0.25) is 0 Å². The highest BCUT2D eigenvalue weighted by molar-refractivity contribution is 5.95. The number of carbonyl (C=O) groups is 1. The molecule has 2 aromatic carbocycles. The minimum absolute atomic E-state index is 0.0712. The van der Waals surface area contributed by atoms with Gasteiger partial charge in [0.25, 0.3) is 0 Å². The van der Waals surface area contributed by atoms with Gasteiger partial charge < -0.3 is 9.64 Å². The first kappa shape index (κ1) is 16.4. The fourth-order valence-corrected chi connectivity index (χ4v) is 3.18. The Hall–Kier alpha value is -3.06. The Bertz CT molecular complexity index is 843. The normalized spacial score (nSPS) is 16.5. The van der Waals surface area contributed by atoms with Crippen LogP contribution in [0.25, 0.3) is 5.69 Å². The molecule has 2 heterocycles. The third-order valence-corrected chi connectivity index (χ3v) is 4.48. The Morgan fingerprint density at radius 1 is 1.15 bits per heavy atom. The molecule has 1 fully saturated rings. The number of para-hydroxylation sites is 1. The zero-order valence-corrected chi connectivity index (χ0v) is 14.2. The maximum Gasteiger partial charge on any atom is 0.231 e. The summed E-state index contributed by atoms with van der Waals surface area (Å²) in [5, 5.41) is 11.1. The van der Waals surface area contributed by atoms with Gasteiger partial charge in [-0.1, -0.05) is 30.3 Å². The monoisotopic (exact) mass is 349 g/mol. The molecular formula is C19H19N5O2. The Morgan fingerprint density at radius 2 is 1.96 bits per heavy atom. The number of amides is 1. The highest BCUT2D eigenvalue weighted by atomic mass is 16.5. The van der Waals surface area contributed by atoms with Crippen molar-refractivity contribution in [2.75, 3.05) is 18.1 Å². The van der Waals surface area contributed by atoms with E-state index in [9.17, 15) is 4.79 Å². The van der Waals surface area contributed by atoms with Crippen LogP contribution in [0.15, 0.2) is 60.9 Å². The minimum Gasteiger partial charge on any atom is -0.379 e. The van der Waals surface area contributed by atoms with Gasteiger partial charge in [-0.05, 0) is 46.7 Å². The lowest BCUT2D eigenvalue weighted by atomic mass is 10.1. The Labute approximate surface area is 151 Å². The summed E-state index contributed by atoms with van der Waals surface area (Å²) in [7, 11) is 0. The average molecular weight is 349 g/mol. The van der Waals surface area contributed by atoms with Crippen molar-refractivity contribution in [3.63, 3.8) is 0 Å². The van der Waals surface area contributed by atoms with E-state index in [1.165, 1.54) is 6.33 Å². The zero-order chi connectivity index (χ0) is 17.8. The molecular weight excluding hydrogens is 330 g/mol. The van der Waals surface area contributed by atoms with Gasteiger partial charge in [-0.3, -0.25) is 4.79 Å². The molecule has 7 heteroatoms. The van der Waals surface area contributed by atoms with E-state index in [1.54, 1.807) is 4.68 Å². The molecule has 0 N–H and O–H groups in total. The second kappa shape index (κ2) is 7.45. The fourth-order valence-electron chi connectivity index (χ4n) is 3.18. The Morgan fingerprint density at radius 3 is 2.62 bits per heavy atom. The van der Waals surface area contributed by atoms with Crippen LogP contribution in [0.5, 0.6) is 0 Å². The van der Waals surface area contributed by atoms with Crippen LogP contribution in [0, 0.1) is 0 Å².